The van der Waals surface area contributed by atoms with Crippen LogP contribution in [-0.2, 0) is 4.74 Å². The molecule has 6 nitrogen and oxygen atoms in total. The first-order valence-corrected chi connectivity index (χ1v) is 8.39. The topological polar surface area (TPSA) is 74.5 Å². The molecular formula is C20H20N2O4. The number of rotatable bonds is 6. The molecule has 0 saturated heterocycles. The number of aromatic nitrogens is 2. The van der Waals surface area contributed by atoms with E-state index < -0.39 is 12.1 Å². The Morgan fingerprint density at radius 2 is 1.65 bits per heavy atom. The largest absolute Gasteiger partial charge is 0.491 e. The molecule has 0 spiro atoms. The van der Waals surface area contributed by atoms with E-state index in [4.69, 9.17) is 13.9 Å². The highest BCUT2D eigenvalue weighted by molar-refractivity contribution is 5.89. The van der Waals surface area contributed by atoms with E-state index in [0.29, 0.717) is 17.2 Å². The molecule has 0 aliphatic rings. The summed E-state index contributed by atoms with van der Waals surface area (Å²) in [6.07, 6.45) is -0.580. The average molecular weight is 352 g/mol. The van der Waals surface area contributed by atoms with Gasteiger partial charge in [-0.1, -0.05) is 18.2 Å². The maximum absolute atomic E-state index is 12.3. The minimum absolute atomic E-state index is 0.0733. The van der Waals surface area contributed by atoms with Gasteiger partial charge in [0.15, 0.2) is 6.10 Å². The monoisotopic (exact) mass is 352 g/mol. The number of carbonyl (C=O) groups excluding carboxylic acids is 1. The van der Waals surface area contributed by atoms with Crippen LogP contribution in [0.15, 0.2) is 59.0 Å². The van der Waals surface area contributed by atoms with Gasteiger partial charge in [0.2, 0.25) is 5.89 Å². The zero-order valence-electron chi connectivity index (χ0n) is 14.9. The Morgan fingerprint density at radius 3 is 2.31 bits per heavy atom. The molecule has 3 aromatic rings. The van der Waals surface area contributed by atoms with E-state index in [0.717, 1.165) is 5.56 Å². The van der Waals surface area contributed by atoms with Crippen molar-refractivity contribution in [3.05, 3.63) is 66.1 Å². The molecule has 1 aromatic heterocycles. The summed E-state index contributed by atoms with van der Waals surface area (Å²) in [5.74, 6) is 0.873. The predicted octanol–water partition coefficient (Wildman–Crippen LogP) is 4.44. The molecule has 0 radical (unpaired) electrons. The number of benzene rings is 2. The van der Waals surface area contributed by atoms with Gasteiger partial charge in [-0.05, 0) is 57.2 Å². The molecule has 0 aliphatic carbocycles. The van der Waals surface area contributed by atoms with Crippen LogP contribution >= 0.6 is 0 Å². The van der Waals surface area contributed by atoms with Gasteiger partial charge in [0.05, 0.1) is 11.7 Å². The number of hydrogen-bond donors (Lipinski definition) is 0. The summed E-state index contributed by atoms with van der Waals surface area (Å²) in [4.78, 5) is 12.3. The van der Waals surface area contributed by atoms with Crippen LogP contribution in [0.25, 0.3) is 11.5 Å². The fourth-order valence-electron chi connectivity index (χ4n) is 2.32. The summed E-state index contributed by atoms with van der Waals surface area (Å²) in [6, 6.07) is 16.2. The van der Waals surface area contributed by atoms with Crippen LogP contribution in [0.4, 0.5) is 0 Å². The summed E-state index contributed by atoms with van der Waals surface area (Å²) in [7, 11) is 0. The van der Waals surface area contributed by atoms with Crippen LogP contribution in [0.1, 0.15) is 43.1 Å². The Hall–Kier alpha value is -3.15. The Bertz CT molecular complexity index is 857. The van der Waals surface area contributed by atoms with E-state index in [1.165, 1.54) is 0 Å². The summed E-state index contributed by atoms with van der Waals surface area (Å²) >= 11 is 0. The van der Waals surface area contributed by atoms with Gasteiger partial charge in [-0.2, -0.15) is 0 Å². The zero-order valence-corrected chi connectivity index (χ0v) is 14.9. The SMILES string of the molecule is CC(C)Oc1ccc(C(=O)O[C@H](C)c2nnc(-c3ccccc3)o2)cc1. The number of esters is 1. The van der Waals surface area contributed by atoms with Gasteiger partial charge in [0, 0.05) is 5.56 Å². The van der Waals surface area contributed by atoms with Crippen LogP contribution < -0.4 is 4.74 Å². The van der Waals surface area contributed by atoms with Crippen LogP contribution in [0.3, 0.4) is 0 Å². The Morgan fingerprint density at radius 1 is 0.962 bits per heavy atom. The fraction of sp³-hybridized carbons (Fsp3) is 0.250. The third-order valence-corrected chi connectivity index (χ3v) is 3.55. The molecule has 0 fully saturated rings. The van der Waals surface area contributed by atoms with Gasteiger partial charge in [-0.25, -0.2) is 4.79 Å². The van der Waals surface area contributed by atoms with Gasteiger partial charge in [-0.15, -0.1) is 10.2 Å². The first-order chi connectivity index (χ1) is 12.5. The van der Waals surface area contributed by atoms with Crippen LogP contribution in [0.2, 0.25) is 0 Å². The lowest BCUT2D eigenvalue weighted by Gasteiger charge is -2.11. The van der Waals surface area contributed by atoms with Gasteiger partial charge >= 0.3 is 5.97 Å². The maximum atomic E-state index is 12.3. The van der Waals surface area contributed by atoms with Crippen molar-refractivity contribution in [1.29, 1.82) is 0 Å². The van der Waals surface area contributed by atoms with Gasteiger partial charge in [-0.3, -0.25) is 0 Å². The van der Waals surface area contributed by atoms with Gasteiger partial charge < -0.3 is 13.9 Å². The molecule has 134 valence electrons. The van der Waals surface area contributed by atoms with E-state index in [2.05, 4.69) is 10.2 Å². The molecule has 0 amide bonds. The number of ether oxygens (including phenoxy) is 2. The maximum Gasteiger partial charge on any atom is 0.338 e. The minimum Gasteiger partial charge on any atom is -0.491 e. The molecule has 1 heterocycles. The molecule has 26 heavy (non-hydrogen) atoms. The van der Waals surface area contributed by atoms with Gasteiger partial charge in [0.1, 0.15) is 5.75 Å². The van der Waals surface area contributed by atoms with Crippen molar-refractivity contribution in [3.63, 3.8) is 0 Å². The van der Waals surface area contributed by atoms with Crippen molar-refractivity contribution in [2.75, 3.05) is 0 Å². The van der Waals surface area contributed by atoms with Crippen molar-refractivity contribution in [1.82, 2.24) is 10.2 Å². The third-order valence-electron chi connectivity index (χ3n) is 3.55. The Kier molecular flexibility index (Phi) is 5.31. The molecule has 1 atom stereocenters. The van der Waals surface area contributed by atoms with E-state index in [1.54, 1.807) is 31.2 Å². The van der Waals surface area contributed by atoms with E-state index in [-0.39, 0.29) is 12.0 Å². The average Bonchev–Trinajstić information content (AvgIpc) is 3.13. The summed E-state index contributed by atoms with van der Waals surface area (Å²) in [5.41, 5.74) is 1.24. The van der Waals surface area contributed by atoms with Crippen molar-refractivity contribution in [3.8, 4) is 17.2 Å². The Balaban J connectivity index is 1.65. The normalized spacial score (nSPS) is 12.0. The summed E-state index contributed by atoms with van der Waals surface area (Å²) in [5, 5.41) is 7.97. The van der Waals surface area contributed by atoms with E-state index >= 15 is 0 Å². The number of carbonyl (C=O) groups is 1. The van der Waals surface area contributed by atoms with Gasteiger partial charge in [0.25, 0.3) is 5.89 Å². The van der Waals surface area contributed by atoms with Crippen molar-refractivity contribution >= 4 is 5.97 Å². The second kappa shape index (κ2) is 7.82. The third kappa shape index (κ3) is 4.27. The molecule has 0 unspecified atom stereocenters. The van der Waals surface area contributed by atoms with Crippen LogP contribution in [0.5, 0.6) is 5.75 Å². The molecule has 2 aromatic carbocycles. The summed E-state index contributed by atoms with van der Waals surface area (Å²) < 4.78 is 16.6. The highest BCUT2D eigenvalue weighted by Crippen LogP contribution is 2.23. The predicted molar refractivity (Wildman–Crippen MR) is 95.8 cm³/mol. The van der Waals surface area contributed by atoms with Crippen molar-refractivity contribution < 1.29 is 18.7 Å². The second-order valence-corrected chi connectivity index (χ2v) is 6.05. The van der Waals surface area contributed by atoms with Crippen molar-refractivity contribution in [2.24, 2.45) is 0 Å². The van der Waals surface area contributed by atoms with E-state index in [9.17, 15) is 4.79 Å². The van der Waals surface area contributed by atoms with Crippen molar-refractivity contribution in [2.45, 2.75) is 33.0 Å². The first kappa shape index (κ1) is 17.7. The minimum atomic E-state index is -0.654. The molecule has 0 bridgehead atoms. The molecular weight excluding hydrogens is 332 g/mol. The standard InChI is InChI=1S/C20H20N2O4/c1-13(2)24-17-11-9-16(10-12-17)20(23)25-14(3)18-21-22-19(26-18)15-7-5-4-6-8-15/h4-14H,1-3H3/t14-/m1/s1. The molecule has 6 heteroatoms. The molecule has 0 saturated carbocycles. The fourth-order valence-corrected chi connectivity index (χ4v) is 2.32. The molecule has 0 N–H and O–H groups in total. The smallest absolute Gasteiger partial charge is 0.338 e. The molecule has 0 aliphatic heterocycles. The second-order valence-electron chi connectivity index (χ2n) is 6.05. The highest BCUT2D eigenvalue weighted by Gasteiger charge is 2.20. The lowest BCUT2D eigenvalue weighted by molar-refractivity contribution is 0.0280. The highest BCUT2D eigenvalue weighted by atomic mass is 16.6. The number of nitrogens with zero attached hydrogens (tertiary/aromatic N) is 2. The molecule has 3 rings (SSSR count). The quantitative estimate of drug-likeness (QED) is 0.611. The van der Waals surface area contributed by atoms with Crippen LogP contribution in [0, 0.1) is 0 Å². The lowest BCUT2D eigenvalue weighted by Crippen LogP contribution is -2.10. The number of hydrogen-bond acceptors (Lipinski definition) is 6. The lowest BCUT2D eigenvalue weighted by atomic mass is 10.2. The first-order valence-electron chi connectivity index (χ1n) is 8.39. The zero-order chi connectivity index (χ0) is 18.5. The van der Waals surface area contributed by atoms with E-state index in [1.807, 2.05) is 44.2 Å². The Labute approximate surface area is 151 Å². The summed E-state index contributed by atoms with van der Waals surface area (Å²) in [6.45, 7) is 5.58. The van der Waals surface area contributed by atoms with Crippen LogP contribution in [-0.4, -0.2) is 22.3 Å².